The monoisotopic (exact) mass is 446 g/mol. The molecule has 3 rings (SSSR count). The van der Waals surface area contributed by atoms with E-state index in [0.29, 0.717) is 35.7 Å². The molecule has 168 valence electrons. The number of halogens is 1. The number of guanidine groups is 1. The highest BCUT2D eigenvalue weighted by Gasteiger charge is 2.24. The van der Waals surface area contributed by atoms with E-state index >= 15 is 0 Å². The Bertz CT molecular complexity index is 890. The third-order valence-electron chi connectivity index (χ3n) is 5.13. The molecule has 0 radical (unpaired) electrons. The molecule has 9 heteroatoms. The quantitative estimate of drug-likeness (QED) is 0.501. The van der Waals surface area contributed by atoms with Crippen molar-refractivity contribution in [1.29, 1.82) is 0 Å². The molecule has 0 aliphatic carbocycles. The summed E-state index contributed by atoms with van der Waals surface area (Å²) < 4.78 is 5.35. The predicted octanol–water partition coefficient (Wildman–Crippen LogP) is 3.13. The fraction of sp³-hybridized carbons (Fsp3) is 0.545. The zero-order valence-corrected chi connectivity index (χ0v) is 19.2. The van der Waals surface area contributed by atoms with E-state index in [1.807, 2.05) is 49.9 Å². The van der Waals surface area contributed by atoms with Gasteiger partial charge < -0.3 is 20.1 Å². The van der Waals surface area contributed by atoms with Gasteiger partial charge in [-0.1, -0.05) is 42.7 Å². The van der Waals surface area contributed by atoms with Crippen LogP contribution >= 0.6 is 11.6 Å². The number of carbonyl (C=O) groups excluding carboxylic acids is 1. The first-order chi connectivity index (χ1) is 15.0. The number of likely N-dealkylation sites (tertiary alicyclic amines) is 1. The maximum absolute atomic E-state index is 12.2. The third-order valence-corrected chi connectivity index (χ3v) is 5.37. The lowest BCUT2D eigenvalue weighted by molar-refractivity contribution is -0.135. The van der Waals surface area contributed by atoms with Gasteiger partial charge in [-0.3, -0.25) is 9.79 Å². The molecule has 1 saturated heterocycles. The Morgan fingerprint density at radius 1 is 1.35 bits per heavy atom. The van der Waals surface area contributed by atoms with Gasteiger partial charge in [0.25, 0.3) is 0 Å². The summed E-state index contributed by atoms with van der Waals surface area (Å²) >= 11 is 6.03. The Hall–Kier alpha value is -2.61. The van der Waals surface area contributed by atoms with Gasteiger partial charge in [-0.2, -0.15) is 4.98 Å². The molecule has 1 aliphatic rings. The van der Waals surface area contributed by atoms with Crippen molar-refractivity contribution in [2.75, 3.05) is 26.2 Å². The number of rotatable bonds is 7. The van der Waals surface area contributed by atoms with Crippen LogP contribution in [0.3, 0.4) is 0 Å². The van der Waals surface area contributed by atoms with Gasteiger partial charge in [0.05, 0.1) is 6.54 Å². The zero-order chi connectivity index (χ0) is 22.2. The van der Waals surface area contributed by atoms with Crippen LogP contribution in [-0.4, -0.2) is 59.1 Å². The Kier molecular flexibility index (Phi) is 8.28. The van der Waals surface area contributed by atoms with Crippen molar-refractivity contribution in [2.24, 2.45) is 10.9 Å². The largest absolute Gasteiger partial charge is 0.357 e. The number of benzene rings is 1. The smallest absolute Gasteiger partial charge is 0.228 e. The van der Waals surface area contributed by atoms with Crippen LogP contribution in [0.4, 0.5) is 0 Å². The Morgan fingerprint density at radius 2 is 2.13 bits per heavy atom. The molecule has 0 unspecified atom stereocenters. The summed E-state index contributed by atoms with van der Waals surface area (Å²) in [6.07, 6.45) is 2.37. The topological polar surface area (TPSA) is 95.7 Å². The predicted molar refractivity (Wildman–Crippen MR) is 122 cm³/mol. The van der Waals surface area contributed by atoms with Gasteiger partial charge >= 0.3 is 0 Å². The minimum absolute atomic E-state index is 0.0486. The average Bonchev–Trinajstić information content (AvgIpc) is 3.23. The van der Waals surface area contributed by atoms with Crippen molar-refractivity contribution in [1.82, 2.24) is 25.7 Å². The maximum Gasteiger partial charge on any atom is 0.228 e. The number of hydrogen-bond acceptors (Lipinski definition) is 5. The van der Waals surface area contributed by atoms with Crippen molar-refractivity contribution in [3.05, 3.63) is 35.2 Å². The summed E-state index contributed by atoms with van der Waals surface area (Å²) in [5.74, 6) is 2.11. The second-order valence-electron chi connectivity index (χ2n) is 7.93. The van der Waals surface area contributed by atoms with Crippen molar-refractivity contribution in [3.8, 4) is 11.4 Å². The molecule has 1 aromatic heterocycles. The van der Waals surface area contributed by atoms with Gasteiger partial charge in [0.1, 0.15) is 0 Å². The van der Waals surface area contributed by atoms with Crippen LogP contribution in [0, 0.1) is 5.92 Å². The molecule has 1 aromatic carbocycles. The van der Waals surface area contributed by atoms with Crippen molar-refractivity contribution in [2.45, 2.75) is 46.1 Å². The van der Waals surface area contributed by atoms with Crippen molar-refractivity contribution >= 4 is 23.5 Å². The molecule has 1 amide bonds. The van der Waals surface area contributed by atoms with Crippen LogP contribution in [-0.2, 0) is 11.2 Å². The fourth-order valence-electron chi connectivity index (χ4n) is 3.49. The van der Waals surface area contributed by atoms with Crippen LogP contribution in [0.2, 0.25) is 5.02 Å². The minimum atomic E-state index is 0.0486. The van der Waals surface area contributed by atoms with Gasteiger partial charge in [0, 0.05) is 48.6 Å². The molecule has 31 heavy (non-hydrogen) atoms. The molecule has 1 aliphatic heterocycles. The number of aliphatic imine (C=N–C) groups is 1. The normalized spacial score (nSPS) is 15.4. The maximum atomic E-state index is 12.2. The summed E-state index contributed by atoms with van der Waals surface area (Å²) in [6, 6.07) is 7.66. The highest BCUT2D eigenvalue weighted by Crippen LogP contribution is 2.20. The molecule has 1 fully saturated rings. The summed E-state index contributed by atoms with van der Waals surface area (Å²) in [5, 5.41) is 11.4. The number of amides is 1. The van der Waals surface area contributed by atoms with Crippen molar-refractivity contribution < 1.29 is 9.32 Å². The van der Waals surface area contributed by atoms with Crippen LogP contribution < -0.4 is 10.6 Å². The Labute approximate surface area is 188 Å². The van der Waals surface area contributed by atoms with Gasteiger partial charge in [-0.05, 0) is 31.9 Å². The Balaban J connectivity index is 1.51. The van der Waals surface area contributed by atoms with E-state index in [2.05, 4.69) is 25.8 Å². The van der Waals surface area contributed by atoms with E-state index in [1.54, 1.807) is 0 Å². The number of nitrogens with one attached hydrogen (secondary N) is 2. The summed E-state index contributed by atoms with van der Waals surface area (Å²) in [5.41, 5.74) is 0.822. The van der Waals surface area contributed by atoms with E-state index in [-0.39, 0.29) is 11.8 Å². The van der Waals surface area contributed by atoms with E-state index in [9.17, 15) is 4.79 Å². The SMILES string of the molecule is CCNC(=NCCc1nc(-c2cccc(Cl)c2)no1)NC1CCN(C(=O)C(C)C)CC1. The van der Waals surface area contributed by atoms with E-state index in [1.165, 1.54) is 0 Å². The molecule has 0 bridgehead atoms. The zero-order valence-electron chi connectivity index (χ0n) is 18.4. The molecule has 2 heterocycles. The average molecular weight is 447 g/mol. The highest BCUT2D eigenvalue weighted by molar-refractivity contribution is 6.30. The molecule has 0 atom stereocenters. The van der Waals surface area contributed by atoms with E-state index in [4.69, 9.17) is 16.1 Å². The molecule has 0 spiro atoms. The molecule has 8 nitrogen and oxygen atoms in total. The second-order valence-corrected chi connectivity index (χ2v) is 8.37. The lowest BCUT2D eigenvalue weighted by atomic mass is 10.0. The van der Waals surface area contributed by atoms with Gasteiger partial charge in [-0.25, -0.2) is 0 Å². The van der Waals surface area contributed by atoms with Gasteiger partial charge in [0.2, 0.25) is 17.6 Å². The number of carbonyl (C=O) groups is 1. The number of hydrogen-bond donors (Lipinski definition) is 2. The van der Waals surface area contributed by atoms with Crippen LogP contribution in [0.25, 0.3) is 11.4 Å². The minimum Gasteiger partial charge on any atom is -0.357 e. The lowest BCUT2D eigenvalue weighted by Crippen LogP contribution is -2.50. The van der Waals surface area contributed by atoms with E-state index in [0.717, 1.165) is 44.0 Å². The highest BCUT2D eigenvalue weighted by atomic mass is 35.5. The summed E-state index contributed by atoms with van der Waals surface area (Å²) in [6.45, 7) is 8.79. The van der Waals surface area contributed by atoms with Crippen LogP contribution in [0.5, 0.6) is 0 Å². The molecule has 2 N–H and O–H groups in total. The third kappa shape index (κ3) is 6.69. The van der Waals surface area contributed by atoms with E-state index < -0.39 is 0 Å². The summed E-state index contributed by atoms with van der Waals surface area (Å²) in [7, 11) is 0. The standard InChI is InChI=1S/C22H31ClN6O2/c1-4-24-22(26-18-9-12-29(13-10-18)21(30)15(2)3)25-11-8-19-27-20(28-31-19)16-6-5-7-17(23)14-16/h5-7,14-15,18H,4,8-13H2,1-3H3,(H2,24,25,26). The first kappa shape index (κ1) is 23.1. The fourth-order valence-corrected chi connectivity index (χ4v) is 3.68. The molecule has 0 saturated carbocycles. The molecular weight excluding hydrogens is 416 g/mol. The molecule has 2 aromatic rings. The number of piperidine rings is 1. The van der Waals surface area contributed by atoms with Crippen LogP contribution in [0.15, 0.2) is 33.8 Å². The van der Waals surface area contributed by atoms with Crippen molar-refractivity contribution in [3.63, 3.8) is 0 Å². The van der Waals surface area contributed by atoms with Gasteiger partial charge in [0.15, 0.2) is 5.96 Å². The first-order valence-electron chi connectivity index (χ1n) is 10.9. The van der Waals surface area contributed by atoms with Gasteiger partial charge in [-0.15, -0.1) is 0 Å². The molecular formula is C22H31ClN6O2. The number of nitrogens with zero attached hydrogens (tertiary/aromatic N) is 4. The second kappa shape index (κ2) is 11.1. The first-order valence-corrected chi connectivity index (χ1v) is 11.3. The summed E-state index contributed by atoms with van der Waals surface area (Å²) in [4.78, 5) is 23.2. The lowest BCUT2D eigenvalue weighted by Gasteiger charge is -2.34. The number of aromatic nitrogens is 2. The van der Waals surface area contributed by atoms with Crippen LogP contribution in [0.1, 0.15) is 39.5 Å². The Morgan fingerprint density at radius 3 is 2.81 bits per heavy atom.